The topological polar surface area (TPSA) is 22.8 Å². The maximum atomic E-state index is 5.27. The molecule has 50 heavy (non-hydrogen) atoms. The van der Waals surface area contributed by atoms with Crippen LogP contribution in [0.5, 0.6) is 0 Å². The molecule has 3 heterocycles. The van der Waals surface area contributed by atoms with Gasteiger partial charge in [0.05, 0.1) is 33.5 Å². The molecule has 0 amide bonds. The second kappa shape index (κ2) is 11.5. The van der Waals surface area contributed by atoms with Gasteiger partial charge in [-0.15, -0.1) is 0 Å². The predicted octanol–water partition coefficient (Wildman–Crippen LogP) is 12.3. The van der Waals surface area contributed by atoms with Gasteiger partial charge in [-0.05, 0) is 71.8 Å². The lowest BCUT2D eigenvalue weighted by molar-refractivity contribution is 1.18. The number of nitrogens with zero attached hydrogens (tertiary/aromatic N) is 3. The normalized spacial score (nSPS) is 11.6. The number of hydrogen-bond donors (Lipinski definition) is 0. The molecule has 0 radical (unpaired) electrons. The van der Waals surface area contributed by atoms with Gasteiger partial charge in [-0.25, -0.2) is 4.98 Å². The van der Waals surface area contributed by atoms with Crippen LogP contribution in [0.3, 0.4) is 0 Å². The maximum absolute atomic E-state index is 5.27. The zero-order valence-corrected chi connectivity index (χ0v) is 27.2. The molecule has 10 rings (SSSR count). The Hall–Kier alpha value is -6.71. The monoisotopic (exact) mass is 637 g/mol. The Morgan fingerprint density at radius 2 is 0.620 bits per heavy atom. The molecule has 0 saturated carbocycles. The van der Waals surface area contributed by atoms with Gasteiger partial charge in [-0.1, -0.05) is 127 Å². The first-order chi connectivity index (χ1) is 24.8. The van der Waals surface area contributed by atoms with E-state index in [0.717, 1.165) is 39.5 Å². The first kappa shape index (κ1) is 28.3. The molecular formula is C47H31N3. The van der Waals surface area contributed by atoms with Gasteiger partial charge >= 0.3 is 0 Å². The van der Waals surface area contributed by atoms with Crippen molar-refractivity contribution in [3.63, 3.8) is 0 Å². The molecule has 0 aliphatic carbocycles. The first-order valence-corrected chi connectivity index (χ1v) is 17.1. The minimum absolute atomic E-state index is 0.946. The summed E-state index contributed by atoms with van der Waals surface area (Å²) in [7, 11) is 0. The minimum Gasteiger partial charge on any atom is -0.309 e. The number of para-hydroxylation sites is 4. The molecule has 0 saturated heterocycles. The maximum Gasteiger partial charge on any atom is 0.0715 e. The van der Waals surface area contributed by atoms with Crippen LogP contribution in [0, 0.1) is 0 Å². The number of hydrogen-bond acceptors (Lipinski definition) is 1. The Bertz CT molecular complexity index is 2560. The summed E-state index contributed by atoms with van der Waals surface area (Å²) < 4.78 is 4.71. The van der Waals surface area contributed by atoms with E-state index in [-0.39, 0.29) is 0 Å². The molecule has 3 nitrogen and oxygen atoms in total. The van der Waals surface area contributed by atoms with Crippen molar-refractivity contribution in [3.8, 4) is 45.0 Å². The highest BCUT2D eigenvalue weighted by atomic mass is 15.0. The van der Waals surface area contributed by atoms with Gasteiger partial charge in [0.25, 0.3) is 0 Å². The fraction of sp³-hybridized carbons (Fsp3) is 0. The second-order valence-corrected chi connectivity index (χ2v) is 12.8. The van der Waals surface area contributed by atoms with Crippen LogP contribution in [0.2, 0.25) is 0 Å². The minimum atomic E-state index is 0.946. The molecule has 7 aromatic carbocycles. The summed E-state index contributed by atoms with van der Waals surface area (Å²) in [4.78, 5) is 5.27. The van der Waals surface area contributed by atoms with Gasteiger partial charge in [0.15, 0.2) is 0 Å². The molecule has 3 heteroatoms. The van der Waals surface area contributed by atoms with Gasteiger partial charge in [-0.2, -0.15) is 0 Å². The third-order valence-electron chi connectivity index (χ3n) is 9.94. The zero-order valence-electron chi connectivity index (χ0n) is 27.2. The lowest BCUT2D eigenvalue weighted by Crippen LogP contribution is -1.96. The van der Waals surface area contributed by atoms with Crippen LogP contribution in [-0.4, -0.2) is 14.1 Å². The number of aromatic nitrogens is 3. The van der Waals surface area contributed by atoms with Crippen molar-refractivity contribution in [3.05, 3.63) is 188 Å². The lowest BCUT2D eigenvalue weighted by Gasteiger charge is -2.13. The Morgan fingerprint density at radius 3 is 1.00 bits per heavy atom. The zero-order chi connectivity index (χ0) is 33.0. The third kappa shape index (κ3) is 4.56. The summed E-state index contributed by atoms with van der Waals surface area (Å²) in [5.74, 6) is 0. The predicted molar refractivity (Wildman–Crippen MR) is 209 cm³/mol. The average Bonchev–Trinajstić information content (AvgIpc) is 3.71. The highest BCUT2D eigenvalue weighted by molar-refractivity contribution is 6.10. The number of fused-ring (bicyclic) bond motifs is 6. The van der Waals surface area contributed by atoms with Crippen LogP contribution in [-0.2, 0) is 0 Å². The Kier molecular flexibility index (Phi) is 6.49. The van der Waals surface area contributed by atoms with Crippen molar-refractivity contribution < 1.29 is 0 Å². The van der Waals surface area contributed by atoms with Crippen molar-refractivity contribution in [2.75, 3.05) is 0 Å². The van der Waals surface area contributed by atoms with Crippen LogP contribution < -0.4 is 0 Å². The van der Waals surface area contributed by atoms with E-state index in [0.29, 0.717) is 0 Å². The fourth-order valence-electron chi connectivity index (χ4n) is 7.59. The highest BCUT2D eigenvalue weighted by Gasteiger charge is 2.15. The molecular weight excluding hydrogens is 607 g/mol. The average molecular weight is 638 g/mol. The quantitative estimate of drug-likeness (QED) is 0.184. The summed E-state index contributed by atoms with van der Waals surface area (Å²) in [5.41, 5.74) is 13.4. The van der Waals surface area contributed by atoms with Crippen LogP contribution in [0.1, 0.15) is 0 Å². The number of pyridine rings is 1. The standard InChI is InChI=1S/C47H31N3/c1-2-12-32(13-3-1)35-30-42(33-22-26-36(27-23-33)49-44-18-8-4-14-38(44)39-15-5-9-19-45(39)49)48-43(31-35)34-24-28-37(29-25-34)50-46-20-10-6-16-40(46)41-17-7-11-21-47(41)50/h1-31H. The van der Waals surface area contributed by atoms with E-state index in [1.54, 1.807) is 0 Å². The second-order valence-electron chi connectivity index (χ2n) is 12.8. The molecule has 0 aliphatic heterocycles. The number of benzene rings is 7. The Balaban J connectivity index is 1.07. The van der Waals surface area contributed by atoms with Crippen LogP contribution in [0.4, 0.5) is 0 Å². The van der Waals surface area contributed by atoms with Crippen molar-refractivity contribution in [2.45, 2.75) is 0 Å². The van der Waals surface area contributed by atoms with Gasteiger partial charge < -0.3 is 9.13 Å². The summed E-state index contributed by atoms with van der Waals surface area (Å²) in [6, 6.07) is 67.2. The molecule has 0 atom stereocenters. The van der Waals surface area contributed by atoms with Crippen molar-refractivity contribution in [1.82, 2.24) is 14.1 Å². The summed E-state index contributed by atoms with van der Waals surface area (Å²) in [6.07, 6.45) is 0. The fourth-order valence-corrected chi connectivity index (χ4v) is 7.59. The smallest absolute Gasteiger partial charge is 0.0715 e. The van der Waals surface area contributed by atoms with Gasteiger partial charge in [-0.3, -0.25) is 0 Å². The van der Waals surface area contributed by atoms with Gasteiger partial charge in [0.2, 0.25) is 0 Å². The Labute approximate surface area is 290 Å². The van der Waals surface area contributed by atoms with E-state index in [4.69, 9.17) is 4.98 Å². The lowest BCUT2D eigenvalue weighted by atomic mass is 10.00. The Morgan fingerprint density at radius 1 is 0.280 bits per heavy atom. The largest absolute Gasteiger partial charge is 0.309 e. The van der Waals surface area contributed by atoms with Crippen LogP contribution in [0.15, 0.2) is 188 Å². The van der Waals surface area contributed by atoms with E-state index < -0.39 is 0 Å². The summed E-state index contributed by atoms with van der Waals surface area (Å²) >= 11 is 0. The summed E-state index contributed by atoms with van der Waals surface area (Å²) in [5, 5.41) is 5.05. The van der Waals surface area contributed by atoms with E-state index in [1.807, 2.05) is 0 Å². The van der Waals surface area contributed by atoms with Gasteiger partial charge in [0, 0.05) is 44.0 Å². The van der Waals surface area contributed by atoms with Crippen molar-refractivity contribution >= 4 is 43.6 Å². The molecule has 0 bridgehead atoms. The molecule has 0 aliphatic rings. The van der Waals surface area contributed by atoms with E-state index >= 15 is 0 Å². The van der Waals surface area contributed by atoms with E-state index in [1.165, 1.54) is 49.2 Å². The molecule has 0 N–H and O–H groups in total. The molecule has 234 valence electrons. The van der Waals surface area contributed by atoms with Crippen LogP contribution in [0.25, 0.3) is 88.6 Å². The van der Waals surface area contributed by atoms with E-state index in [2.05, 4.69) is 197 Å². The highest BCUT2D eigenvalue weighted by Crippen LogP contribution is 2.36. The first-order valence-electron chi connectivity index (χ1n) is 17.1. The molecule has 10 aromatic rings. The van der Waals surface area contributed by atoms with Crippen molar-refractivity contribution in [2.24, 2.45) is 0 Å². The third-order valence-corrected chi connectivity index (χ3v) is 9.94. The molecule has 0 spiro atoms. The molecule has 3 aromatic heterocycles. The number of rotatable bonds is 5. The molecule has 0 fully saturated rings. The van der Waals surface area contributed by atoms with Gasteiger partial charge in [0.1, 0.15) is 0 Å². The summed E-state index contributed by atoms with van der Waals surface area (Å²) in [6.45, 7) is 0. The molecule has 0 unspecified atom stereocenters. The van der Waals surface area contributed by atoms with E-state index in [9.17, 15) is 0 Å². The van der Waals surface area contributed by atoms with Crippen LogP contribution >= 0.6 is 0 Å². The van der Waals surface area contributed by atoms with Crippen molar-refractivity contribution in [1.29, 1.82) is 0 Å². The SMILES string of the molecule is c1ccc(-c2cc(-c3ccc(-n4c5ccccc5c5ccccc54)cc3)nc(-c3ccc(-n4c5ccccc5c5ccccc54)cc3)c2)cc1.